The zero-order valence-electron chi connectivity index (χ0n) is 9.88. The van der Waals surface area contributed by atoms with Crippen molar-refractivity contribution in [2.75, 3.05) is 0 Å². The first-order chi connectivity index (χ1) is 8.77. The van der Waals surface area contributed by atoms with Crippen molar-refractivity contribution in [3.63, 3.8) is 0 Å². The van der Waals surface area contributed by atoms with Crippen LogP contribution in [0.4, 0.5) is 11.4 Å². The Bertz CT molecular complexity index is 544. The molecule has 0 aliphatic heterocycles. The van der Waals surface area contributed by atoms with Gasteiger partial charge in [-0.2, -0.15) is 0 Å². The zero-order chi connectivity index (χ0) is 12.8. The van der Waals surface area contributed by atoms with Crippen LogP contribution >= 0.6 is 0 Å². The molecular weight excluding hydrogens is 287 g/mol. The van der Waals surface area contributed by atoms with Crippen molar-refractivity contribution in [3.05, 3.63) is 48.5 Å². The maximum atomic E-state index is 9.47. The molecule has 0 amide bonds. The summed E-state index contributed by atoms with van der Waals surface area (Å²) in [5.74, 6) is 0.231. The summed E-state index contributed by atoms with van der Waals surface area (Å²) in [7, 11) is 0. The molecule has 2 aromatic rings. The van der Waals surface area contributed by atoms with Gasteiger partial charge in [0.05, 0.1) is 0 Å². The van der Waals surface area contributed by atoms with Gasteiger partial charge in [-0.05, 0) is 24.3 Å². The number of phenolic OH excluding ortho intramolecular Hbond substituents is 2. The second-order valence-corrected chi connectivity index (χ2v) is 3.53. The van der Waals surface area contributed by atoms with Crippen LogP contribution in [0, 0.1) is 0 Å². The van der Waals surface area contributed by atoms with Gasteiger partial charge in [0.25, 0.3) is 0 Å². The van der Waals surface area contributed by atoms with E-state index in [-0.39, 0.29) is 28.0 Å². The molecule has 2 aromatic carbocycles. The van der Waals surface area contributed by atoms with E-state index in [1.807, 2.05) is 0 Å². The number of para-hydroxylation sites is 4. The molecule has 2 rings (SSSR count). The van der Waals surface area contributed by atoms with Gasteiger partial charge < -0.3 is 10.2 Å². The molecule has 19 heavy (non-hydrogen) atoms. The molecule has 0 atom stereocenters. The quantitative estimate of drug-likeness (QED) is 0.675. The molecule has 0 fully saturated rings. The van der Waals surface area contributed by atoms with Gasteiger partial charge in [-0.3, -0.25) is 9.98 Å². The second-order valence-electron chi connectivity index (χ2n) is 3.53. The van der Waals surface area contributed by atoms with E-state index < -0.39 is 0 Å². The fourth-order valence-electron chi connectivity index (χ4n) is 1.37. The van der Waals surface area contributed by atoms with Crippen LogP contribution in [0.15, 0.2) is 58.5 Å². The van der Waals surface area contributed by atoms with Crippen LogP contribution in [0.3, 0.4) is 0 Å². The van der Waals surface area contributed by atoms with Crippen LogP contribution in [0.1, 0.15) is 0 Å². The third-order valence-electron chi connectivity index (χ3n) is 2.26. The number of hydrogen-bond donors (Lipinski definition) is 2. The van der Waals surface area contributed by atoms with E-state index in [9.17, 15) is 10.2 Å². The summed E-state index contributed by atoms with van der Waals surface area (Å²) in [5.41, 5.74) is 0.947. The Morgan fingerprint density at radius 3 is 1.42 bits per heavy atom. The van der Waals surface area contributed by atoms with E-state index in [1.54, 1.807) is 48.5 Å². The number of aliphatic imine (C=N–C) groups is 2. The third-order valence-corrected chi connectivity index (χ3v) is 2.26. The Morgan fingerprint density at radius 2 is 1.05 bits per heavy atom. The molecular formula is C14H12N2NiO2+2. The first-order valence-corrected chi connectivity index (χ1v) is 5.40. The molecule has 2 N–H and O–H groups in total. The van der Waals surface area contributed by atoms with Gasteiger partial charge in [-0.1, -0.05) is 24.3 Å². The fourth-order valence-corrected chi connectivity index (χ4v) is 1.37. The molecule has 0 saturated carbocycles. The molecule has 0 heterocycles. The SMILES string of the molecule is Oc1ccccc1N=CC=Nc1ccccc1O.[Ni+2]. The van der Waals surface area contributed by atoms with E-state index >= 15 is 0 Å². The smallest absolute Gasteiger partial charge is 0.506 e. The van der Waals surface area contributed by atoms with Crippen molar-refractivity contribution in [1.82, 2.24) is 0 Å². The molecule has 5 heteroatoms. The van der Waals surface area contributed by atoms with Gasteiger partial charge in [-0.25, -0.2) is 0 Å². The fraction of sp³-hybridized carbons (Fsp3) is 0. The van der Waals surface area contributed by atoms with Crippen molar-refractivity contribution in [3.8, 4) is 11.5 Å². The molecule has 0 saturated heterocycles. The van der Waals surface area contributed by atoms with E-state index in [4.69, 9.17) is 0 Å². The standard InChI is InChI=1S/C14H12N2O2.Ni/c17-13-7-3-1-5-11(13)15-9-10-16-12-6-2-4-8-14(12)18;/h1-10,17-18H;/q;+2. The Hall–Kier alpha value is -2.13. The summed E-state index contributed by atoms with van der Waals surface area (Å²) >= 11 is 0. The summed E-state index contributed by atoms with van der Waals surface area (Å²) < 4.78 is 0. The van der Waals surface area contributed by atoms with Crippen molar-refractivity contribution >= 4 is 23.8 Å². The molecule has 0 bridgehead atoms. The van der Waals surface area contributed by atoms with Crippen LogP contribution in [-0.2, 0) is 16.5 Å². The Balaban J connectivity index is 0.00000180. The maximum absolute atomic E-state index is 9.47. The minimum Gasteiger partial charge on any atom is -0.506 e. The topological polar surface area (TPSA) is 65.2 Å². The number of nitrogens with zero attached hydrogens (tertiary/aromatic N) is 2. The second kappa shape index (κ2) is 7.34. The van der Waals surface area contributed by atoms with E-state index in [2.05, 4.69) is 9.98 Å². The predicted octanol–water partition coefficient (Wildman–Crippen LogP) is 3.20. The van der Waals surface area contributed by atoms with Crippen molar-refractivity contribution in [2.45, 2.75) is 0 Å². The Kier molecular flexibility index (Phi) is 5.77. The third kappa shape index (κ3) is 4.23. The number of benzene rings is 2. The Morgan fingerprint density at radius 1 is 0.684 bits per heavy atom. The summed E-state index contributed by atoms with van der Waals surface area (Å²) in [6.45, 7) is 0. The van der Waals surface area contributed by atoms with Crippen LogP contribution in [-0.4, -0.2) is 22.6 Å². The van der Waals surface area contributed by atoms with Gasteiger partial charge >= 0.3 is 16.5 Å². The molecule has 0 unspecified atom stereocenters. The van der Waals surface area contributed by atoms with Gasteiger partial charge in [0.2, 0.25) is 0 Å². The van der Waals surface area contributed by atoms with Gasteiger partial charge in [-0.15, -0.1) is 0 Å². The first-order valence-electron chi connectivity index (χ1n) is 5.40. The molecule has 0 aliphatic carbocycles. The van der Waals surface area contributed by atoms with Crippen molar-refractivity contribution in [1.29, 1.82) is 0 Å². The van der Waals surface area contributed by atoms with Crippen LogP contribution in [0.2, 0.25) is 0 Å². The van der Waals surface area contributed by atoms with Crippen molar-refractivity contribution < 1.29 is 26.7 Å². The summed E-state index contributed by atoms with van der Waals surface area (Å²) in [5, 5.41) is 18.9. The van der Waals surface area contributed by atoms with Gasteiger partial charge in [0.15, 0.2) is 0 Å². The molecule has 0 aliphatic rings. The minimum atomic E-state index is 0. The van der Waals surface area contributed by atoms with Crippen LogP contribution < -0.4 is 0 Å². The molecule has 0 radical (unpaired) electrons. The monoisotopic (exact) mass is 298 g/mol. The molecule has 4 nitrogen and oxygen atoms in total. The van der Waals surface area contributed by atoms with E-state index in [1.165, 1.54) is 12.4 Å². The summed E-state index contributed by atoms with van der Waals surface area (Å²) in [6, 6.07) is 13.5. The van der Waals surface area contributed by atoms with E-state index in [0.717, 1.165) is 0 Å². The average molecular weight is 299 g/mol. The Labute approximate surface area is 121 Å². The normalized spacial score (nSPS) is 10.7. The van der Waals surface area contributed by atoms with Crippen LogP contribution in [0.25, 0.3) is 0 Å². The maximum Gasteiger partial charge on any atom is 2.00 e. The zero-order valence-corrected chi connectivity index (χ0v) is 10.9. The van der Waals surface area contributed by atoms with Gasteiger partial charge in [0, 0.05) is 12.4 Å². The number of rotatable bonds is 3. The minimum absolute atomic E-state index is 0. The largest absolute Gasteiger partial charge is 2.00 e. The number of hydrogen-bond acceptors (Lipinski definition) is 4. The summed E-state index contributed by atoms with van der Waals surface area (Å²) in [4.78, 5) is 8.09. The predicted molar refractivity (Wildman–Crippen MR) is 72.5 cm³/mol. The molecule has 0 spiro atoms. The molecule has 0 aromatic heterocycles. The van der Waals surface area contributed by atoms with Gasteiger partial charge in [0.1, 0.15) is 22.9 Å². The average Bonchev–Trinajstić information content (AvgIpc) is 2.38. The van der Waals surface area contributed by atoms with Crippen LogP contribution in [0.5, 0.6) is 11.5 Å². The van der Waals surface area contributed by atoms with E-state index in [0.29, 0.717) is 11.4 Å². The molecule has 98 valence electrons. The number of phenols is 2. The first kappa shape index (κ1) is 14.9. The van der Waals surface area contributed by atoms with Crippen molar-refractivity contribution in [2.24, 2.45) is 9.98 Å². The summed E-state index contributed by atoms with van der Waals surface area (Å²) in [6.07, 6.45) is 2.92. The number of aromatic hydroxyl groups is 2.